The summed E-state index contributed by atoms with van der Waals surface area (Å²) in [5.41, 5.74) is 1.36. The first-order valence-corrected chi connectivity index (χ1v) is 8.33. The molecule has 8 heteroatoms. The molecule has 0 bridgehead atoms. The van der Waals surface area contributed by atoms with Crippen molar-refractivity contribution in [2.24, 2.45) is 0 Å². The Morgan fingerprint density at radius 1 is 1.26 bits per heavy atom. The lowest BCUT2D eigenvalue weighted by Crippen LogP contribution is -2.08. The third-order valence-corrected chi connectivity index (χ3v) is 3.99. The number of Topliss-reactive ketones (excluding diaryl/α,β-unsaturated/α-hetero) is 1. The van der Waals surface area contributed by atoms with Crippen LogP contribution in [0.1, 0.15) is 22.8 Å². The topological polar surface area (TPSA) is 75.6 Å². The number of para-hydroxylation sites is 1. The Hall–Kier alpha value is -1.60. The number of hydrogen-bond donors (Lipinski definition) is 2. The van der Waals surface area contributed by atoms with E-state index < -0.39 is 11.3 Å². The summed E-state index contributed by atoms with van der Waals surface area (Å²) in [6.45, 7) is 1.45. The Labute approximate surface area is 146 Å². The highest BCUT2D eigenvalue weighted by Gasteiger charge is 2.12. The molecule has 2 aromatic carbocycles. The largest absolute Gasteiger partial charge is 0.486 e. The minimum absolute atomic E-state index is 0.0180. The van der Waals surface area contributed by atoms with Crippen molar-refractivity contribution in [3.05, 3.63) is 57.6 Å². The van der Waals surface area contributed by atoms with Gasteiger partial charge >= 0.3 is 0 Å². The minimum atomic E-state index is -2.24. The fourth-order valence-electron chi connectivity index (χ4n) is 1.90. The SMILES string of the molecule is CC(=O)c1ccc(NS(=O)O)c(COc2c(Cl)cccc2Cl)c1. The van der Waals surface area contributed by atoms with Gasteiger partial charge in [-0.1, -0.05) is 29.3 Å². The average Bonchev–Trinajstić information content (AvgIpc) is 2.47. The molecule has 0 amide bonds. The van der Waals surface area contributed by atoms with Crippen LogP contribution in [0.4, 0.5) is 5.69 Å². The molecule has 0 heterocycles. The maximum absolute atomic E-state index is 11.5. The molecule has 0 saturated heterocycles. The van der Waals surface area contributed by atoms with Crippen LogP contribution in [0, 0.1) is 0 Å². The highest BCUT2D eigenvalue weighted by Crippen LogP contribution is 2.33. The van der Waals surface area contributed by atoms with Crippen LogP contribution in [-0.2, 0) is 17.9 Å². The lowest BCUT2D eigenvalue weighted by atomic mass is 10.1. The van der Waals surface area contributed by atoms with Crippen molar-refractivity contribution in [2.45, 2.75) is 13.5 Å². The summed E-state index contributed by atoms with van der Waals surface area (Å²) in [6.07, 6.45) is 0. The molecule has 0 radical (unpaired) electrons. The highest BCUT2D eigenvalue weighted by atomic mass is 35.5. The van der Waals surface area contributed by atoms with E-state index in [-0.39, 0.29) is 12.4 Å². The van der Waals surface area contributed by atoms with Crippen molar-refractivity contribution in [1.82, 2.24) is 0 Å². The molecule has 5 nitrogen and oxygen atoms in total. The maximum Gasteiger partial charge on any atom is 0.259 e. The van der Waals surface area contributed by atoms with Gasteiger partial charge < -0.3 is 4.74 Å². The number of carbonyl (C=O) groups is 1. The molecular weight excluding hydrogens is 361 g/mol. The second-order valence-electron chi connectivity index (χ2n) is 4.62. The smallest absolute Gasteiger partial charge is 0.259 e. The molecule has 1 atom stereocenters. The van der Waals surface area contributed by atoms with Gasteiger partial charge in [0.05, 0.1) is 15.7 Å². The number of ether oxygens (including phenoxy) is 1. The average molecular weight is 374 g/mol. The number of hydrogen-bond acceptors (Lipinski definition) is 3. The Kier molecular flexibility index (Phi) is 6.01. The van der Waals surface area contributed by atoms with Crippen LogP contribution in [0.25, 0.3) is 0 Å². The van der Waals surface area contributed by atoms with Crippen LogP contribution in [0.15, 0.2) is 36.4 Å². The van der Waals surface area contributed by atoms with Crippen molar-refractivity contribution in [1.29, 1.82) is 0 Å². The maximum atomic E-state index is 11.5. The predicted molar refractivity (Wildman–Crippen MR) is 91.6 cm³/mol. The Morgan fingerprint density at radius 2 is 1.91 bits per heavy atom. The first kappa shape index (κ1) is 17.7. The van der Waals surface area contributed by atoms with Crippen molar-refractivity contribution in [2.75, 3.05) is 4.72 Å². The van der Waals surface area contributed by atoms with Gasteiger partial charge in [-0.2, -0.15) is 0 Å². The molecule has 0 saturated carbocycles. The first-order chi connectivity index (χ1) is 10.9. The van der Waals surface area contributed by atoms with Gasteiger partial charge in [0.2, 0.25) is 0 Å². The van der Waals surface area contributed by atoms with Crippen LogP contribution in [0.5, 0.6) is 5.75 Å². The molecule has 122 valence electrons. The number of halogens is 2. The van der Waals surface area contributed by atoms with E-state index in [9.17, 15) is 9.00 Å². The van der Waals surface area contributed by atoms with E-state index in [1.54, 1.807) is 30.3 Å². The zero-order chi connectivity index (χ0) is 17.0. The molecule has 2 rings (SSSR count). The van der Waals surface area contributed by atoms with Gasteiger partial charge in [-0.25, -0.2) is 4.21 Å². The quantitative estimate of drug-likeness (QED) is 0.583. The van der Waals surface area contributed by atoms with E-state index in [4.69, 9.17) is 32.5 Å². The van der Waals surface area contributed by atoms with E-state index >= 15 is 0 Å². The summed E-state index contributed by atoms with van der Waals surface area (Å²) in [6, 6.07) is 9.65. The van der Waals surface area contributed by atoms with Gasteiger partial charge in [-0.05, 0) is 37.3 Å². The van der Waals surface area contributed by atoms with Gasteiger partial charge in [0.15, 0.2) is 11.5 Å². The van der Waals surface area contributed by atoms with E-state index in [1.807, 2.05) is 0 Å². The normalized spacial score (nSPS) is 11.8. The lowest BCUT2D eigenvalue weighted by molar-refractivity contribution is 0.101. The molecular formula is C15H13Cl2NO4S. The van der Waals surface area contributed by atoms with Gasteiger partial charge in [-0.15, -0.1) is 0 Å². The standard InChI is InChI=1S/C15H13Cl2NO4S/c1-9(19)10-5-6-14(18-23(20)21)11(7-10)8-22-15-12(16)3-2-4-13(15)17/h2-7,18H,8H2,1H3,(H,20,21). The molecule has 0 spiro atoms. The lowest BCUT2D eigenvalue weighted by Gasteiger charge is -2.14. The van der Waals surface area contributed by atoms with Crippen LogP contribution in [-0.4, -0.2) is 14.5 Å². The van der Waals surface area contributed by atoms with Crippen LogP contribution in [0.2, 0.25) is 10.0 Å². The summed E-state index contributed by atoms with van der Waals surface area (Å²) < 4.78 is 28.0. The highest BCUT2D eigenvalue weighted by molar-refractivity contribution is 7.80. The molecule has 23 heavy (non-hydrogen) atoms. The summed E-state index contributed by atoms with van der Waals surface area (Å²) in [5, 5.41) is 0.695. The summed E-state index contributed by atoms with van der Waals surface area (Å²) in [5.74, 6) is 0.179. The van der Waals surface area contributed by atoms with Crippen LogP contribution >= 0.6 is 23.2 Å². The summed E-state index contributed by atoms with van der Waals surface area (Å²) in [4.78, 5) is 11.5. The fourth-order valence-corrected chi connectivity index (χ4v) is 2.79. The monoisotopic (exact) mass is 373 g/mol. The molecule has 1 unspecified atom stereocenters. The van der Waals surface area contributed by atoms with Crippen LogP contribution < -0.4 is 9.46 Å². The zero-order valence-corrected chi connectivity index (χ0v) is 14.3. The molecule has 0 aliphatic heterocycles. The van der Waals surface area contributed by atoms with Gasteiger partial charge in [0, 0.05) is 11.1 Å². The second-order valence-corrected chi connectivity index (χ2v) is 6.14. The summed E-state index contributed by atoms with van der Waals surface area (Å²) in [7, 11) is 0. The minimum Gasteiger partial charge on any atom is -0.486 e. The van der Waals surface area contributed by atoms with E-state index in [0.29, 0.717) is 32.6 Å². The van der Waals surface area contributed by atoms with Crippen molar-refractivity contribution < 1.29 is 18.3 Å². The van der Waals surface area contributed by atoms with E-state index in [2.05, 4.69) is 4.72 Å². The van der Waals surface area contributed by atoms with Crippen LogP contribution in [0.3, 0.4) is 0 Å². The predicted octanol–water partition coefficient (Wildman–Crippen LogP) is 4.32. The number of anilines is 1. The van der Waals surface area contributed by atoms with Crippen molar-refractivity contribution >= 4 is 45.9 Å². The number of nitrogens with one attached hydrogen (secondary N) is 1. The second kappa shape index (κ2) is 7.79. The number of carbonyl (C=O) groups excluding carboxylic acids is 1. The third kappa shape index (κ3) is 4.68. The molecule has 2 aromatic rings. The third-order valence-electron chi connectivity index (χ3n) is 3.00. The summed E-state index contributed by atoms with van der Waals surface area (Å²) >= 11 is 9.82. The van der Waals surface area contributed by atoms with Crippen molar-refractivity contribution in [3.8, 4) is 5.75 Å². The molecule has 2 N–H and O–H groups in total. The van der Waals surface area contributed by atoms with Gasteiger partial charge in [0.1, 0.15) is 6.61 Å². The molecule has 0 aliphatic rings. The number of rotatable bonds is 6. The molecule has 0 fully saturated rings. The van der Waals surface area contributed by atoms with Gasteiger partial charge in [-0.3, -0.25) is 14.1 Å². The Morgan fingerprint density at radius 3 is 2.48 bits per heavy atom. The number of ketones is 1. The fraction of sp³-hybridized carbons (Fsp3) is 0.133. The van der Waals surface area contributed by atoms with E-state index in [0.717, 1.165) is 0 Å². The zero-order valence-electron chi connectivity index (χ0n) is 12.0. The first-order valence-electron chi connectivity index (χ1n) is 6.46. The number of benzene rings is 2. The molecule has 0 aliphatic carbocycles. The molecule has 0 aromatic heterocycles. The van der Waals surface area contributed by atoms with E-state index in [1.165, 1.54) is 13.0 Å². The Bertz CT molecular complexity index is 747. The van der Waals surface area contributed by atoms with Crippen molar-refractivity contribution in [3.63, 3.8) is 0 Å². The Balaban J connectivity index is 2.31. The van der Waals surface area contributed by atoms with Gasteiger partial charge in [0.25, 0.3) is 11.3 Å².